The van der Waals surface area contributed by atoms with E-state index in [2.05, 4.69) is 0 Å². The van der Waals surface area contributed by atoms with Gasteiger partial charge in [0.05, 0.1) is 0 Å². The summed E-state index contributed by atoms with van der Waals surface area (Å²) >= 11 is 6.74. The molecule has 0 aromatic heterocycles. The van der Waals surface area contributed by atoms with Gasteiger partial charge in [0.15, 0.2) is 0 Å². The van der Waals surface area contributed by atoms with Crippen LogP contribution in [0.5, 0.6) is 0 Å². The maximum atomic E-state index is 13.4. The van der Waals surface area contributed by atoms with Crippen molar-refractivity contribution in [2.24, 2.45) is 17.8 Å². The summed E-state index contributed by atoms with van der Waals surface area (Å²) in [6.45, 7) is -2.77. The Labute approximate surface area is 119 Å². The van der Waals surface area contributed by atoms with Crippen LogP contribution in [0.3, 0.4) is 0 Å². The third kappa shape index (κ3) is 1.78. The van der Waals surface area contributed by atoms with Gasteiger partial charge in [0.1, 0.15) is 0 Å². The molecule has 5 rings (SSSR count). The van der Waals surface area contributed by atoms with Crippen LogP contribution in [0.25, 0.3) is 0 Å². The number of hydrogen-bond acceptors (Lipinski definition) is 1. The van der Waals surface area contributed by atoms with E-state index in [1.165, 1.54) is 19.3 Å². The van der Waals surface area contributed by atoms with Crippen LogP contribution in [-0.4, -0.2) is 5.16 Å². The Bertz CT molecular complexity index is 504. The van der Waals surface area contributed by atoms with E-state index in [1.54, 1.807) is 0 Å². The molecule has 4 aliphatic rings. The molecule has 19 heavy (non-hydrogen) atoms. The van der Waals surface area contributed by atoms with Crippen LogP contribution in [0.2, 0.25) is 0 Å². The third-order valence-electron chi connectivity index (χ3n) is 5.70. The average Bonchev–Trinajstić information content (AvgIpc) is 2.38. The SMILES string of the molecule is O=[P@](Cl)(c1ccccc1)C12CC3CC(CC(C3)C1)C2. The monoisotopic (exact) mass is 294 g/mol. The molecule has 1 aromatic carbocycles. The van der Waals surface area contributed by atoms with Gasteiger partial charge < -0.3 is 4.57 Å². The summed E-state index contributed by atoms with van der Waals surface area (Å²) in [5.74, 6) is 2.38. The fourth-order valence-corrected chi connectivity index (χ4v) is 8.85. The van der Waals surface area contributed by atoms with Crippen LogP contribution in [0, 0.1) is 17.8 Å². The van der Waals surface area contributed by atoms with Crippen LogP contribution in [0.4, 0.5) is 0 Å². The molecule has 4 fully saturated rings. The van der Waals surface area contributed by atoms with Gasteiger partial charge in [-0.1, -0.05) is 30.3 Å². The van der Waals surface area contributed by atoms with Gasteiger partial charge in [-0.15, -0.1) is 0 Å². The lowest BCUT2D eigenvalue weighted by Gasteiger charge is -2.57. The van der Waals surface area contributed by atoms with Crippen LogP contribution in [0.15, 0.2) is 30.3 Å². The highest BCUT2D eigenvalue weighted by Gasteiger charge is 2.59. The number of rotatable bonds is 2. The number of halogens is 1. The fourth-order valence-electron chi connectivity index (χ4n) is 5.31. The van der Waals surface area contributed by atoms with Crippen molar-refractivity contribution in [1.29, 1.82) is 0 Å². The predicted octanol–water partition coefficient (Wildman–Crippen LogP) is 4.80. The van der Waals surface area contributed by atoms with Crippen molar-refractivity contribution >= 4 is 23.0 Å². The maximum absolute atomic E-state index is 13.4. The topological polar surface area (TPSA) is 17.1 Å². The Morgan fingerprint density at radius 2 is 1.42 bits per heavy atom. The highest BCUT2D eigenvalue weighted by molar-refractivity contribution is 7.96. The lowest BCUT2D eigenvalue weighted by atomic mass is 9.56. The van der Waals surface area contributed by atoms with Gasteiger partial charge in [-0.3, -0.25) is 0 Å². The Morgan fingerprint density at radius 1 is 0.947 bits per heavy atom. The van der Waals surface area contributed by atoms with E-state index >= 15 is 0 Å². The normalized spacial score (nSPS) is 43.1. The van der Waals surface area contributed by atoms with E-state index in [-0.39, 0.29) is 5.16 Å². The molecular weight excluding hydrogens is 275 g/mol. The zero-order chi connectivity index (χ0) is 13.1. The Balaban J connectivity index is 1.77. The van der Waals surface area contributed by atoms with Gasteiger partial charge in [-0.05, 0) is 67.5 Å². The van der Waals surface area contributed by atoms with Crippen molar-refractivity contribution in [3.05, 3.63) is 30.3 Å². The van der Waals surface area contributed by atoms with Gasteiger partial charge in [-0.25, -0.2) is 0 Å². The smallest absolute Gasteiger partial charge is 0.203 e. The van der Waals surface area contributed by atoms with E-state index in [0.717, 1.165) is 42.3 Å². The van der Waals surface area contributed by atoms with Crippen molar-refractivity contribution in [3.8, 4) is 0 Å². The van der Waals surface area contributed by atoms with E-state index in [1.807, 2.05) is 30.3 Å². The van der Waals surface area contributed by atoms with E-state index in [0.29, 0.717) is 0 Å². The van der Waals surface area contributed by atoms with Crippen LogP contribution >= 0.6 is 17.7 Å². The Hall–Kier alpha value is -0.260. The lowest BCUT2D eigenvalue weighted by molar-refractivity contribution is 0.0344. The molecule has 1 aromatic rings. The van der Waals surface area contributed by atoms with Gasteiger partial charge >= 0.3 is 0 Å². The molecular formula is C16H20ClOP. The molecule has 0 N–H and O–H groups in total. The standard InChI is InChI=1S/C16H20ClOP/c17-19(18,15-4-2-1-3-5-15)16-9-12-6-13(10-16)8-14(7-12)11-16/h1-5,12-14H,6-11H2/t12?,13?,14?,16?,19-/m1/s1. The molecule has 0 saturated heterocycles. The molecule has 1 nitrogen and oxygen atoms in total. The van der Waals surface area contributed by atoms with E-state index in [4.69, 9.17) is 11.2 Å². The second kappa shape index (κ2) is 4.12. The molecule has 0 amide bonds. The minimum atomic E-state index is -2.77. The summed E-state index contributed by atoms with van der Waals surface area (Å²) in [6, 6.07) is 9.83. The second-order valence-corrected chi connectivity index (χ2v) is 11.0. The summed E-state index contributed by atoms with van der Waals surface area (Å²) in [5.41, 5.74) is 0. The minimum absolute atomic E-state index is 0.0787. The van der Waals surface area contributed by atoms with Crippen molar-refractivity contribution in [3.63, 3.8) is 0 Å². The zero-order valence-corrected chi connectivity index (χ0v) is 12.7. The Kier molecular flexibility index (Phi) is 2.71. The largest absolute Gasteiger partial charge is 0.301 e. The van der Waals surface area contributed by atoms with Crippen molar-refractivity contribution < 1.29 is 4.57 Å². The first-order chi connectivity index (χ1) is 9.09. The molecule has 0 heterocycles. The van der Waals surface area contributed by atoms with Crippen molar-refractivity contribution in [2.45, 2.75) is 43.7 Å². The molecule has 0 radical (unpaired) electrons. The van der Waals surface area contributed by atoms with Crippen LogP contribution in [0.1, 0.15) is 38.5 Å². The van der Waals surface area contributed by atoms with E-state index < -0.39 is 6.49 Å². The quantitative estimate of drug-likeness (QED) is 0.716. The highest BCUT2D eigenvalue weighted by atomic mass is 35.7. The highest BCUT2D eigenvalue weighted by Crippen LogP contribution is 2.74. The molecule has 1 atom stereocenters. The molecule has 4 aliphatic carbocycles. The summed E-state index contributed by atoms with van der Waals surface area (Å²) < 4.78 is 13.4. The lowest BCUT2D eigenvalue weighted by Crippen LogP contribution is -2.50. The molecule has 4 bridgehead atoms. The Morgan fingerprint density at radius 3 is 1.89 bits per heavy atom. The van der Waals surface area contributed by atoms with Crippen molar-refractivity contribution in [2.75, 3.05) is 0 Å². The maximum Gasteiger partial charge on any atom is 0.203 e. The number of hydrogen-bond donors (Lipinski definition) is 0. The molecule has 0 aliphatic heterocycles. The minimum Gasteiger partial charge on any atom is -0.301 e. The van der Waals surface area contributed by atoms with Gasteiger partial charge in [-0.2, -0.15) is 0 Å². The zero-order valence-electron chi connectivity index (χ0n) is 11.1. The first-order valence-corrected chi connectivity index (χ1v) is 10.1. The fraction of sp³-hybridized carbons (Fsp3) is 0.625. The van der Waals surface area contributed by atoms with Crippen LogP contribution in [-0.2, 0) is 4.57 Å². The molecule has 0 unspecified atom stereocenters. The summed E-state index contributed by atoms with van der Waals surface area (Å²) in [5, 5.41) is 0.809. The van der Waals surface area contributed by atoms with Gasteiger partial charge in [0.2, 0.25) is 6.49 Å². The van der Waals surface area contributed by atoms with Gasteiger partial charge in [0.25, 0.3) is 0 Å². The second-order valence-electron chi connectivity index (χ2n) is 7.01. The first-order valence-electron chi connectivity index (χ1n) is 7.44. The molecule has 4 saturated carbocycles. The summed E-state index contributed by atoms with van der Waals surface area (Å²) in [4.78, 5) is 0. The van der Waals surface area contributed by atoms with E-state index in [9.17, 15) is 4.57 Å². The molecule has 102 valence electrons. The van der Waals surface area contributed by atoms with Crippen molar-refractivity contribution in [1.82, 2.24) is 0 Å². The first kappa shape index (κ1) is 12.5. The molecule has 0 spiro atoms. The van der Waals surface area contributed by atoms with Gasteiger partial charge in [0, 0.05) is 10.5 Å². The number of benzene rings is 1. The molecule has 3 heteroatoms. The third-order valence-corrected chi connectivity index (χ3v) is 10.1. The average molecular weight is 295 g/mol. The van der Waals surface area contributed by atoms with Crippen LogP contribution < -0.4 is 5.30 Å². The summed E-state index contributed by atoms with van der Waals surface area (Å²) in [7, 11) is 0. The summed E-state index contributed by atoms with van der Waals surface area (Å²) in [6.07, 6.45) is 7.42. The predicted molar refractivity (Wildman–Crippen MR) is 80.4 cm³/mol.